The summed E-state index contributed by atoms with van der Waals surface area (Å²) < 4.78 is 0. The Bertz CT molecular complexity index is 775. The molecule has 0 aliphatic carbocycles. The van der Waals surface area contributed by atoms with Crippen molar-refractivity contribution in [1.29, 1.82) is 0 Å². The Morgan fingerprint density at radius 2 is 1.61 bits per heavy atom. The fraction of sp³-hybridized carbons (Fsp3) is 0.609. The zero-order chi connectivity index (χ0) is 23.2. The summed E-state index contributed by atoms with van der Waals surface area (Å²) in [5.74, 6) is -0.00116. The molecule has 1 heterocycles. The standard InChI is InChI=1S/C23H37N5O3/c1-17-8-7-9-18(2)22(17)24-19(29)14-26(6)16-21(31)28-12-10-27(11-13-28)15-20(30)25-23(3,4)5/h7-9H,10-16H2,1-6H3,(H,24,29)(H,25,30)/p+2. The summed E-state index contributed by atoms with van der Waals surface area (Å²) in [4.78, 5) is 41.1. The van der Waals surface area contributed by atoms with Crippen LogP contribution in [-0.2, 0) is 14.4 Å². The number of quaternary nitrogens is 2. The van der Waals surface area contributed by atoms with Crippen molar-refractivity contribution < 1.29 is 24.2 Å². The highest BCUT2D eigenvalue weighted by molar-refractivity contribution is 5.93. The summed E-state index contributed by atoms with van der Waals surface area (Å²) in [5.41, 5.74) is 2.67. The van der Waals surface area contributed by atoms with Gasteiger partial charge in [-0.05, 0) is 45.7 Å². The molecule has 1 aliphatic rings. The van der Waals surface area contributed by atoms with Crippen molar-refractivity contribution in [2.75, 3.05) is 58.2 Å². The Labute approximate surface area is 185 Å². The van der Waals surface area contributed by atoms with Crippen LogP contribution in [0.3, 0.4) is 0 Å². The van der Waals surface area contributed by atoms with Crippen LogP contribution in [0.2, 0.25) is 0 Å². The Kier molecular flexibility index (Phi) is 8.59. The summed E-state index contributed by atoms with van der Waals surface area (Å²) in [7, 11) is 1.86. The van der Waals surface area contributed by atoms with Crippen LogP contribution in [0.15, 0.2) is 18.2 Å². The first kappa shape index (κ1) is 24.8. The van der Waals surface area contributed by atoms with E-state index in [0.29, 0.717) is 19.6 Å². The molecule has 2 rings (SSSR count). The molecular weight excluding hydrogens is 394 g/mol. The molecule has 8 heteroatoms. The first-order valence-corrected chi connectivity index (χ1v) is 11.0. The van der Waals surface area contributed by atoms with Crippen LogP contribution < -0.4 is 20.4 Å². The first-order chi connectivity index (χ1) is 14.4. The van der Waals surface area contributed by atoms with Gasteiger partial charge in [0, 0.05) is 11.2 Å². The number of carbonyl (C=O) groups excluding carboxylic acids is 3. The summed E-state index contributed by atoms with van der Waals surface area (Å²) >= 11 is 0. The van der Waals surface area contributed by atoms with Gasteiger partial charge in [0.25, 0.3) is 17.7 Å². The van der Waals surface area contributed by atoms with Crippen molar-refractivity contribution in [1.82, 2.24) is 10.2 Å². The van der Waals surface area contributed by atoms with Gasteiger partial charge in [0.15, 0.2) is 19.6 Å². The van der Waals surface area contributed by atoms with Crippen LogP contribution >= 0.6 is 0 Å². The Balaban J connectivity index is 1.74. The van der Waals surface area contributed by atoms with Gasteiger partial charge in [0.2, 0.25) is 0 Å². The number of hydrogen-bond donors (Lipinski definition) is 4. The van der Waals surface area contributed by atoms with Crippen molar-refractivity contribution in [3.8, 4) is 0 Å². The summed E-state index contributed by atoms with van der Waals surface area (Å²) in [6.07, 6.45) is 0. The average Bonchev–Trinajstić information content (AvgIpc) is 2.63. The van der Waals surface area contributed by atoms with Gasteiger partial charge in [0.05, 0.1) is 33.2 Å². The number of aryl methyl sites for hydroxylation is 2. The smallest absolute Gasteiger partial charge is 0.279 e. The van der Waals surface area contributed by atoms with Crippen molar-refractivity contribution in [3.63, 3.8) is 0 Å². The average molecular weight is 434 g/mol. The van der Waals surface area contributed by atoms with E-state index >= 15 is 0 Å². The molecule has 1 saturated heterocycles. The molecule has 1 fully saturated rings. The van der Waals surface area contributed by atoms with Gasteiger partial charge in [0.1, 0.15) is 0 Å². The lowest BCUT2D eigenvalue weighted by molar-refractivity contribution is -0.896. The number of amides is 3. The SMILES string of the molecule is Cc1cccc(C)c1NC(=O)C[NH+](C)CC(=O)N1CC[NH+](CC(=O)NC(C)(C)C)CC1. The highest BCUT2D eigenvalue weighted by Crippen LogP contribution is 2.18. The number of para-hydroxylation sites is 1. The highest BCUT2D eigenvalue weighted by atomic mass is 16.2. The maximum absolute atomic E-state index is 12.7. The lowest BCUT2D eigenvalue weighted by atomic mass is 10.1. The van der Waals surface area contributed by atoms with Crippen LogP contribution in [0.4, 0.5) is 5.69 Å². The Morgan fingerprint density at radius 1 is 1.03 bits per heavy atom. The van der Waals surface area contributed by atoms with Crippen molar-refractivity contribution in [3.05, 3.63) is 29.3 Å². The molecule has 8 nitrogen and oxygen atoms in total. The fourth-order valence-electron chi connectivity index (χ4n) is 3.84. The predicted octanol–water partition coefficient (Wildman–Crippen LogP) is -1.60. The van der Waals surface area contributed by atoms with E-state index in [-0.39, 0.29) is 36.3 Å². The number of nitrogens with zero attached hydrogens (tertiary/aromatic N) is 1. The molecule has 172 valence electrons. The van der Waals surface area contributed by atoms with Crippen LogP contribution in [-0.4, -0.2) is 81.0 Å². The minimum Gasteiger partial charge on any atom is -0.347 e. The first-order valence-electron chi connectivity index (χ1n) is 11.0. The molecule has 4 N–H and O–H groups in total. The van der Waals surface area contributed by atoms with Crippen LogP contribution in [0.5, 0.6) is 0 Å². The maximum atomic E-state index is 12.7. The number of carbonyl (C=O) groups is 3. The van der Waals surface area contributed by atoms with Gasteiger partial charge in [-0.25, -0.2) is 0 Å². The van der Waals surface area contributed by atoms with Gasteiger partial charge in [-0.1, -0.05) is 18.2 Å². The van der Waals surface area contributed by atoms with Gasteiger partial charge < -0.3 is 25.3 Å². The molecule has 0 saturated carbocycles. The lowest BCUT2D eigenvalue weighted by Gasteiger charge is -2.32. The molecule has 0 spiro atoms. The number of piperazine rings is 1. The van der Waals surface area contributed by atoms with Gasteiger partial charge >= 0.3 is 0 Å². The second-order valence-electron chi connectivity index (χ2n) is 9.73. The zero-order valence-electron chi connectivity index (χ0n) is 19.9. The van der Waals surface area contributed by atoms with Crippen molar-refractivity contribution in [2.24, 2.45) is 0 Å². The van der Waals surface area contributed by atoms with E-state index in [1.165, 1.54) is 4.90 Å². The minimum atomic E-state index is -0.230. The monoisotopic (exact) mass is 433 g/mol. The molecule has 1 aromatic carbocycles. The second kappa shape index (κ2) is 10.7. The molecule has 31 heavy (non-hydrogen) atoms. The summed E-state index contributed by atoms with van der Waals surface area (Å²) in [6.45, 7) is 13.6. The number of likely N-dealkylation sites (N-methyl/N-ethyl adjacent to an activating group) is 1. The van der Waals surface area contributed by atoms with Crippen LogP contribution in [0.25, 0.3) is 0 Å². The molecular formula is C23H39N5O3+2. The molecule has 0 aromatic heterocycles. The van der Waals surface area contributed by atoms with E-state index < -0.39 is 0 Å². The molecule has 3 amide bonds. The van der Waals surface area contributed by atoms with Crippen LogP contribution in [0.1, 0.15) is 31.9 Å². The zero-order valence-corrected chi connectivity index (χ0v) is 19.9. The maximum Gasteiger partial charge on any atom is 0.279 e. The molecule has 0 radical (unpaired) electrons. The van der Waals surface area contributed by atoms with Crippen LogP contribution in [0, 0.1) is 13.8 Å². The number of anilines is 1. The number of benzene rings is 1. The molecule has 1 aliphatic heterocycles. The third-order valence-corrected chi connectivity index (χ3v) is 5.41. The van der Waals surface area contributed by atoms with Crippen molar-refractivity contribution >= 4 is 23.4 Å². The van der Waals surface area contributed by atoms with E-state index in [4.69, 9.17) is 0 Å². The van der Waals surface area contributed by atoms with E-state index in [1.54, 1.807) is 0 Å². The third-order valence-electron chi connectivity index (χ3n) is 5.41. The number of nitrogens with one attached hydrogen (secondary N) is 4. The fourth-order valence-corrected chi connectivity index (χ4v) is 3.84. The van der Waals surface area contributed by atoms with Gasteiger partial charge in [-0.3, -0.25) is 14.4 Å². The largest absolute Gasteiger partial charge is 0.347 e. The van der Waals surface area contributed by atoms with Gasteiger partial charge in [-0.15, -0.1) is 0 Å². The van der Waals surface area contributed by atoms with E-state index in [2.05, 4.69) is 10.6 Å². The topological polar surface area (TPSA) is 87.4 Å². The molecule has 1 unspecified atom stereocenters. The highest BCUT2D eigenvalue weighted by Gasteiger charge is 2.28. The van der Waals surface area contributed by atoms with Gasteiger partial charge in [-0.2, -0.15) is 0 Å². The molecule has 0 bridgehead atoms. The van der Waals surface area contributed by atoms with E-state index in [1.807, 2.05) is 64.8 Å². The predicted molar refractivity (Wildman–Crippen MR) is 121 cm³/mol. The Hall–Kier alpha value is -2.45. The lowest BCUT2D eigenvalue weighted by Crippen LogP contribution is -3.16. The quantitative estimate of drug-likeness (QED) is 0.418. The van der Waals surface area contributed by atoms with E-state index in [9.17, 15) is 14.4 Å². The molecule has 1 aromatic rings. The number of hydrogen-bond acceptors (Lipinski definition) is 3. The molecule has 1 atom stereocenters. The van der Waals surface area contributed by atoms with E-state index in [0.717, 1.165) is 34.8 Å². The second-order valence-corrected chi connectivity index (χ2v) is 9.73. The Morgan fingerprint density at radius 3 is 2.16 bits per heavy atom. The van der Waals surface area contributed by atoms with Crippen molar-refractivity contribution in [2.45, 2.75) is 40.2 Å². The summed E-state index contributed by atoms with van der Waals surface area (Å²) in [5, 5.41) is 5.96. The number of rotatable bonds is 7. The summed E-state index contributed by atoms with van der Waals surface area (Å²) in [6, 6.07) is 5.91. The third kappa shape index (κ3) is 8.30. The normalized spacial score (nSPS) is 16.0. The minimum absolute atomic E-state index is 0.0429.